The topological polar surface area (TPSA) is 66.9 Å². The Morgan fingerprint density at radius 2 is 1.52 bits per heavy atom. The summed E-state index contributed by atoms with van der Waals surface area (Å²) in [6.07, 6.45) is -4.60. The van der Waals surface area contributed by atoms with Gasteiger partial charge in [0.2, 0.25) is 5.91 Å². The van der Waals surface area contributed by atoms with E-state index in [4.69, 9.17) is 4.74 Å². The Labute approximate surface area is 152 Å². The van der Waals surface area contributed by atoms with Crippen molar-refractivity contribution in [1.82, 2.24) is 9.80 Å². The van der Waals surface area contributed by atoms with Crippen LogP contribution in [0.2, 0.25) is 0 Å². The van der Waals surface area contributed by atoms with E-state index in [0.29, 0.717) is 19.3 Å². The first-order valence-electron chi connectivity index (χ1n) is 8.75. The van der Waals surface area contributed by atoms with Gasteiger partial charge in [-0.1, -0.05) is 6.92 Å². The van der Waals surface area contributed by atoms with Crippen LogP contribution < -0.4 is 0 Å². The second-order valence-electron chi connectivity index (χ2n) is 6.59. The van der Waals surface area contributed by atoms with Gasteiger partial charge in [0.25, 0.3) is 0 Å². The van der Waals surface area contributed by atoms with E-state index in [9.17, 15) is 36.3 Å². The zero-order valence-electron chi connectivity index (χ0n) is 14.7. The van der Waals surface area contributed by atoms with Gasteiger partial charge in [-0.2, -0.15) is 22.0 Å². The number of likely N-dealkylation sites (tertiary alicyclic amines) is 2. The predicted molar refractivity (Wildman–Crippen MR) is 81.7 cm³/mol. The molecule has 2 amide bonds. The molecule has 2 atom stereocenters. The van der Waals surface area contributed by atoms with Crippen molar-refractivity contribution in [2.75, 3.05) is 19.7 Å². The number of hydrogen-bond acceptors (Lipinski definition) is 4. The summed E-state index contributed by atoms with van der Waals surface area (Å²) in [5.74, 6) is -9.44. The van der Waals surface area contributed by atoms with Crippen LogP contribution in [0.5, 0.6) is 0 Å². The van der Waals surface area contributed by atoms with Crippen molar-refractivity contribution in [3.05, 3.63) is 0 Å². The molecule has 2 aliphatic rings. The molecule has 2 unspecified atom stereocenters. The molecule has 0 spiro atoms. The first-order valence-corrected chi connectivity index (χ1v) is 8.75. The first kappa shape index (κ1) is 21.4. The Morgan fingerprint density at radius 1 is 0.963 bits per heavy atom. The Kier molecular flexibility index (Phi) is 6.31. The number of amides is 2. The minimum atomic E-state index is -6.04. The van der Waals surface area contributed by atoms with E-state index in [1.807, 2.05) is 0 Å². The molecule has 11 heteroatoms. The molecule has 0 N–H and O–H groups in total. The molecule has 2 aliphatic heterocycles. The highest BCUT2D eigenvalue weighted by Gasteiger charge is 2.65. The molecule has 27 heavy (non-hydrogen) atoms. The monoisotopic (exact) mass is 400 g/mol. The molecule has 0 aromatic heterocycles. The Morgan fingerprint density at radius 3 is 2.07 bits per heavy atom. The molecular weight excluding hydrogens is 379 g/mol. The SMILES string of the molecule is CCCOC(=O)C1CCCN1C(=O)C1CCCN1C(=O)C(F)(F)C(F)(F)F. The van der Waals surface area contributed by atoms with Crippen LogP contribution in [0.1, 0.15) is 39.0 Å². The van der Waals surface area contributed by atoms with E-state index in [-0.39, 0.29) is 37.4 Å². The number of carbonyl (C=O) groups is 3. The number of carbonyl (C=O) groups excluding carboxylic acids is 3. The number of nitrogens with zero attached hydrogens (tertiary/aromatic N) is 2. The normalized spacial score (nSPS) is 23.6. The highest BCUT2D eigenvalue weighted by atomic mass is 19.4. The maximum absolute atomic E-state index is 13.4. The van der Waals surface area contributed by atoms with Crippen molar-refractivity contribution in [2.24, 2.45) is 0 Å². The first-order chi connectivity index (χ1) is 12.5. The van der Waals surface area contributed by atoms with Crippen LogP contribution in [-0.4, -0.2) is 71.5 Å². The number of ether oxygens (including phenoxy) is 1. The zero-order chi connectivity index (χ0) is 20.4. The third-order valence-corrected chi connectivity index (χ3v) is 4.68. The number of esters is 1. The lowest BCUT2D eigenvalue weighted by Gasteiger charge is -2.32. The van der Waals surface area contributed by atoms with Gasteiger partial charge in [-0.3, -0.25) is 9.59 Å². The molecular formula is C16H21F5N2O4. The molecule has 154 valence electrons. The minimum Gasteiger partial charge on any atom is -0.464 e. The number of hydrogen-bond donors (Lipinski definition) is 0. The van der Waals surface area contributed by atoms with Gasteiger partial charge in [0.05, 0.1) is 6.61 Å². The molecule has 2 fully saturated rings. The van der Waals surface area contributed by atoms with Crippen molar-refractivity contribution in [1.29, 1.82) is 0 Å². The maximum Gasteiger partial charge on any atom is 0.463 e. The second kappa shape index (κ2) is 7.97. The lowest BCUT2D eigenvalue weighted by Crippen LogP contribution is -2.57. The molecule has 0 aromatic rings. The van der Waals surface area contributed by atoms with E-state index >= 15 is 0 Å². The van der Waals surface area contributed by atoms with Gasteiger partial charge in [0, 0.05) is 13.1 Å². The summed E-state index contributed by atoms with van der Waals surface area (Å²) in [7, 11) is 0. The Balaban J connectivity index is 2.15. The smallest absolute Gasteiger partial charge is 0.463 e. The highest BCUT2D eigenvalue weighted by molar-refractivity contribution is 5.93. The lowest BCUT2D eigenvalue weighted by atomic mass is 10.1. The predicted octanol–water partition coefficient (Wildman–Crippen LogP) is 2.12. The molecule has 0 bridgehead atoms. The average molecular weight is 400 g/mol. The van der Waals surface area contributed by atoms with E-state index in [1.165, 1.54) is 0 Å². The fourth-order valence-electron chi connectivity index (χ4n) is 3.33. The van der Waals surface area contributed by atoms with Crippen molar-refractivity contribution < 1.29 is 41.1 Å². The molecule has 2 saturated heterocycles. The number of alkyl halides is 5. The van der Waals surface area contributed by atoms with Gasteiger partial charge in [-0.05, 0) is 32.1 Å². The van der Waals surface area contributed by atoms with Gasteiger partial charge in [0.15, 0.2) is 0 Å². The molecule has 6 nitrogen and oxygen atoms in total. The lowest BCUT2D eigenvalue weighted by molar-refractivity contribution is -0.274. The summed E-state index contributed by atoms with van der Waals surface area (Å²) in [5.41, 5.74) is 0. The standard InChI is InChI=1S/C16H21F5N2O4/c1-2-9-27-13(25)11-6-4-7-22(11)12(24)10-5-3-8-23(10)14(26)15(17,18)16(19,20)21/h10-11H,2-9H2,1H3. The van der Waals surface area contributed by atoms with Gasteiger partial charge < -0.3 is 14.5 Å². The summed E-state index contributed by atoms with van der Waals surface area (Å²) in [6, 6.07) is -2.35. The van der Waals surface area contributed by atoms with Crippen molar-refractivity contribution in [2.45, 2.75) is 63.2 Å². The summed E-state index contributed by atoms with van der Waals surface area (Å²) in [5, 5.41) is 0. The molecule has 0 radical (unpaired) electrons. The summed E-state index contributed by atoms with van der Waals surface area (Å²) < 4.78 is 69.3. The molecule has 0 saturated carbocycles. The fourth-order valence-corrected chi connectivity index (χ4v) is 3.33. The molecule has 2 rings (SSSR count). The Bertz CT molecular complexity index is 596. The van der Waals surface area contributed by atoms with Crippen LogP contribution in [0, 0.1) is 0 Å². The quantitative estimate of drug-likeness (QED) is 0.524. The van der Waals surface area contributed by atoms with Crippen LogP contribution in [0.25, 0.3) is 0 Å². The van der Waals surface area contributed by atoms with E-state index in [2.05, 4.69) is 0 Å². The minimum absolute atomic E-state index is 0.0360. The third kappa shape index (κ3) is 4.16. The fraction of sp³-hybridized carbons (Fsp3) is 0.812. The summed E-state index contributed by atoms with van der Waals surface area (Å²) >= 11 is 0. The van der Waals surface area contributed by atoms with Crippen LogP contribution in [0.4, 0.5) is 22.0 Å². The van der Waals surface area contributed by atoms with Crippen LogP contribution in [-0.2, 0) is 19.1 Å². The maximum atomic E-state index is 13.4. The summed E-state index contributed by atoms with van der Waals surface area (Å²) in [4.78, 5) is 38.0. The van der Waals surface area contributed by atoms with E-state index < -0.39 is 42.0 Å². The number of halogens is 5. The van der Waals surface area contributed by atoms with Crippen molar-refractivity contribution >= 4 is 17.8 Å². The zero-order valence-corrected chi connectivity index (χ0v) is 14.7. The van der Waals surface area contributed by atoms with Gasteiger partial charge in [-0.15, -0.1) is 0 Å². The van der Waals surface area contributed by atoms with E-state index in [1.54, 1.807) is 6.92 Å². The van der Waals surface area contributed by atoms with Crippen molar-refractivity contribution in [3.8, 4) is 0 Å². The Hall–Kier alpha value is -1.94. The van der Waals surface area contributed by atoms with Crippen LogP contribution >= 0.6 is 0 Å². The van der Waals surface area contributed by atoms with Crippen molar-refractivity contribution in [3.63, 3.8) is 0 Å². The van der Waals surface area contributed by atoms with Gasteiger partial charge in [-0.25, -0.2) is 4.79 Å². The van der Waals surface area contributed by atoms with Crippen LogP contribution in [0.15, 0.2) is 0 Å². The third-order valence-electron chi connectivity index (χ3n) is 4.68. The summed E-state index contributed by atoms with van der Waals surface area (Å²) in [6.45, 7) is 1.72. The van der Waals surface area contributed by atoms with Gasteiger partial charge in [0.1, 0.15) is 12.1 Å². The largest absolute Gasteiger partial charge is 0.464 e. The van der Waals surface area contributed by atoms with Crippen LogP contribution in [0.3, 0.4) is 0 Å². The average Bonchev–Trinajstić information content (AvgIpc) is 3.26. The van der Waals surface area contributed by atoms with Gasteiger partial charge >= 0.3 is 24.0 Å². The number of rotatable bonds is 5. The van der Waals surface area contributed by atoms with E-state index in [0.717, 1.165) is 4.90 Å². The molecule has 0 aliphatic carbocycles. The second-order valence-corrected chi connectivity index (χ2v) is 6.59. The highest BCUT2D eigenvalue weighted by Crippen LogP contribution is 2.39. The molecule has 0 aromatic carbocycles. The molecule has 2 heterocycles.